The molecule has 0 spiro atoms. The first-order valence-electron chi connectivity index (χ1n) is 8.96. The topological polar surface area (TPSA) is 70.8 Å². The van der Waals surface area contributed by atoms with Crippen molar-refractivity contribution in [2.24, 2.45) is 0 Å². The van der Waals surface area contributed by atoms with E-state index in [0.29, 0.717) is 29.4 Å². The number of hydrogen-bond acceptors (Lipinski definition) is 6. The summed E-state index contributed by atoms with van der Waals surface area (Å²) in [5, 5.41) is 6.77. The van der Waals surface area contributed by atoms with Crippen LogP contribution in [0.25, 0.3) is 21.7 Å². The van der Waals surface area contributed by atoms with Crippen LogP contribution < -0.4 is 9.47 Å². The fraction of sp³-hybridized carbons (Fsp3) is 0.182. The Morgan fingerprint density at radius 1 is 1.04 bits per heavy atom. The maximum absolute atomic E-state index is 11.9. The van der Waals surface area contributed by atoms with E-state index in [1.165, 1.54) is 0 Å². The molecule has 3 aromatic carbocycles. The highest BCUT2D eigenvalue weighted by atomic mass is 16.5. The summed E-state index contributed by atoms with van der Waals surface area (Å²) in [5.74, 6) is 1.79. The first-order chi connectivity index (χ1) is 13.7. The molecule has 0 aliphatic heterocycles. The summed E-state index contributed by atoms with van der Waals surface area (Å²) in [7, 11) is 1.62. The van der Waals surface area contributed by atoms with Crippen LogP contribution in [-0.4, -0.2) is 24.8 Å². The summed E-state index contributed by atoms with van der Waals surface area (Å²) in [6, 6.07) is 17.0. The van der Waals surface area contributed by atoms with E-state index < -0.39 is 0 Å². The van der Waals surface area contributed by atoms with Gasteiger partial charge in [0.15, 0.2) is 5.58 Å². The molecule has 1 heterocycles. The Kier molecular flexibility index (Phi) is 4.85. The Labute approximate surface area is 161 Å². The normalized spacial score (nSPS) is 10.9. The number of carbonyl (C=O) groups is 1. The van der Waals surface area contributed by atoms with Crippen LogP contribution in [0.5, 0.6) is 17.2 Å². The van der Waals surface area contributed by atoms with Crippen LogP contribution in [0, 0.1) is 0 Å². The van der Waals surface area contributed by atoms with Crippen molar-refractivity contribution in [1.29, 1.82) is 0 Å². The standard InChI is InChI=1S/C22H19NO5/c1-3-26-21(24)13-19-22-18-9-8-17(11-14(18)7-10-20(22)28-23-19)27-16-6-4-5-15(12-16)25-2/h4-12H,3,13H2,1-2H3. The molecule has 1 aromatic heterocycles. The Hall–Kier alpha value is -3.54. The minimum Gasteiger partial charge on any atom is -0.497 e. The van der Waals surface area contributed by atoms with E-state index >= 15 is 0 Å². The number of aromatic nitrogens is 1. The van der Waals surface area contributed by atoms with Crippen molar-refractivity contribution in [3.05, 3.63) is 60.3 Å². The Balaban J connectivity index is 1.70. The van der Waals surface area contributed by atoms with Gasteiger partial charge in [-0.25, -0.2) is 0 Å². The molecule has 0 aliphatic carbocycles. The lowest BCUT2D eigenvalue weighted by atomic mass is 10.0. The largest absolute Gasteiger partial charge is 0.497 e. The van der Waals surface area contributed by atoms with Gasteiger partial charge in [0.05, 0.1) is 25.5 Å². The summed E-state index contributed by atoms with van der Waals surface area (Å²) in [6.45, 7) is 2.11. The van der Waals surface area contributed by atoms with Gasteiger partial charge in [0.25, 0.3) is 0 Å². The van der Waals surface area contributed by atoms with E-state index in [1.807, 2.05) is 54.6 Å². The first kappa shape index (κ1) is 17.9. The Bertz CT molecular complexity index is 1150. The quantitative estimate of drug-likeness (QED) is 0.446. The number of ether oxygens (including phenoxy) is 3. The van der Waals surface area contributed by atoms with Crippen LogP contribution in [0.2, 0.25) is 0 Å². The highest BCUT2D eigenvalue weighted by molar-refractivity contribution is 6.08. The summed E-state index contributed by atoms with van der Waals surface area (Å²) in [6.07, 6.45) is 0.0714. The molecule has 0 saturated carbocycles. The van der Waals surface area contributed by atoms with Crippen molar-refractivity contribution in [2.45, 2.75) is 13.3 Å². The van der Waals surface area contributed by atoms with E-state index in [4.69, 9.17) is 18.7 Å². The Morgan fingerprint density at radius 2 is 1.86 bits per heavy atom. The maximum atomic E-state index is 11.9. The smallest absolute Gasteiger partial charge is 0.312 e. The second-order valence-electron chi connectivity index (χ2n) is 6.21. The Morgan fingerprint density at radius 3 is 2.68 bits per heavy atom. The van der Waals surface area contributed by atoms with Gasteiger partial charge in [-0.2, -0.15) is 0 Å². The van der Waals surface area contributed by atoms with Crippen LogP contribution >= 0.6 is 0 Å². The summed E-state index contributed by atoms with van der Waals surface area (Å²) in [4.78, 5) is 11.9. The van der Waals surface area contributed by atoms with Crippen molar-refractivity contribution in [3.63, 3.8) is 0 Å². The molecule has 0 bridgehead atoms. The third kappa shape index (κ3) is 3.49. The highest BCUT2D eigenvalue weighted by Crippen LogP contribution is 2.33. The fourth-order valence-corrected chi connectivity index (χ4v) is 3.15. The maximum Gasteiger partial charge on any atom is 0.312 e. The summed E-state index contributed by atoms with van der Waals surface area (Å²) in [5.41, 5.74) is 1.20. The lowest BCUT2D eigenvalue weighted by Gasteiger charge is -2.09. The monoisotopic (exact) mass is 377 g/mol. The minimum atomic E-state index is -0.326. The van der Waals surface area contributed by atoms with Gasteiger partial charge in [-0.3, -0.25) is 4.79 Å². The van der Waals surface area contributed by atoms with E-state index in [0.717, 1.165) is 21.9 Å². The molecular weight excluding hydrogens is 358 g/mol. The van der Waals surface area contributed by atoms with Crippen LogP contribution in [-0.2, 0) is 16.0 Å². The molecule has 6 heteroatoms. The van der Waals surface area contributed by atoms with Crippen molar-refractivity contribution in [1.82, 2.24) is 5.16 Å². The first-order valence-corrected chi connectivity index (χ1v) is 8.96. The molecule has 28 heavy (non-hydrogen) atoms. The van der Waals surface area contributed by atoms with E-state index in [2.05, 4.69) is 5.16 Å². The molecule has 0 fully saturated rings. The van der Waals surface area contributed by atoms with Crippen molar-refractivity contribution < 1.29 is 23.5 Å². The molecular formula is C22H19NO5. The van der Waals surface area contributed by atoms with Crippen LogP contribution in [0.15, 0.2) is 59.1 Å². The van der Waals surface area contributed by atoms with E-state index in [1.54, 1.807) is 14.0 Å². The zero-order valence-electron chi connectivity index (χ0n) is 15.6. The average Bonchev–Trinajstić information content (AvgIpc) is 3.11. The van der Waals surface area contributed by atoms with E-state index in [-0.39, 0.29) is 12.4 Å². The number of rotatable bonds is 6. The third-order valence-electron chi connectivity index (χ3n) is 4.39. The minimum absolute atomic E-state index is 0.0714. The predicted octanol–water partition coefficient (Wildman–Crippen LogP) is 4.89. The lowest BCUT2D eigenvalue weighted by molar-refractivity contribution is -0.142. The molecule has 0 aliphatic rings. The summed E-state index contributed by atoms with van der Waals surface area (Å²) >= 11 is 0. The highest BCUT2D eigenvalue weighted by Gasteiger charge is 2.16. The molecule has 4 aromatic rings. The number of benzene rings is 3. The fourth-order valence-electron chi connectivity index (χ4n) is 3.15. The van der Waals surface area contributed by atoms with Crippen molar-refractivity contribution >= 4 is 27.7 Å². The second-order valence-corrected chi connectivity index (χ2v) is 6.21. The molecule has 0 radical (unpaired) electrons. The van der Waals surface area contributed by atoms with Crippen LogP contribution in [0.4, 0.5) is 0 Å². The number of methoxy groups -OCH3 is 1. The summed E-state index contributed by atoms with van der Waals surface area (Å²) < 4.78 is 21.6. The molecule has 0 unspecified atom stereocenters. The average molecular weight is 377 g/mol. The second kappa shape index (κ2) is 7.60. The molecule has 6 nitrogen and oxygen atoms in total. The van der Waals surface area contributed by atoms with Gasteiger partial charge in [-0.1, -0.05) is 17.3 Å². The van der Waals surface area contributed by atoms with Crippen molar-refractivity contribution in [2.75, 3.05) is 13.7 Å². The van der Waals surface area contributed by atoms with E-state index in [9.17, 15) is 4.79 Å². The van der Waals surface area contributed by atoms with Gasteiger partial charge in [-0.15, -0.1) is 0 Å². The SMILES string of the molecule is CCOC(=O)Cc1noc2ccc3cc(Oc4cccc(OC)c4)ccc3c12. The molecule has 4 rings (SSSR count). The third-order valence-corrected chi connectivity index (χ3v) is 4.39. The zero-order chi connectivity index (χ0) is 19.5. The molecule has 0 saturated heterocycles. The zero-order valence-corrected chi connectivity index (χ0v) is 15.6. The van der Waals surface area contributed by atoms with Gasteiger partial charge < -0.3 is 18.7 Å². The number of fused-ring (bicyclic) bond motifs is 3. The molecule has 0 N–H and O–H groups in total. The molecule has 0 amide bonds. The molecule has 142 valence electrons. The number of esters is 1. The van der Waals surface area contributed by atoms with Crippen LogP contribution in [0.3, 0.4) is 0 Å². The number of carbonyl (C=O) groups excluding carboxylic acids is 1. The van der Waals surface area contributed by atoms with Gasteiger partial charge >= 0.3 is 5.97 Å². The van der Waals surface area contributed by atoms with Crippen molar-refractivity contribution in [3.8, 4) is 17.2 Å². The van der Waals surface area contributed by atoms with Gasteiger partial charge in [0.1, 0.15) is 22.9 Å². The van der Waals surface area contributed by atoms with Gasteiger partial charge in [0.2, 0.25) is 0 Å². The number of nitrogens with zero attached hydrogens (tertiary/aromatic N) is 1. The van der Waals surface area contributed by atoms with Gasteiger partial charge in [-0.05, 0) is 54.1 Å². The van der Waals surface area contributed by atoms with Gasteiger partial charge in [0, 0.05) is 6.07 Å². The predicted molar refractivity (Wildman–Crippen MR) is 105 cm³/mol. The lowest BCUT2D eigenvalue weighted by Crippen LogP contribution is -2.07. The van der Waals surface area contributed by atoms with Crippen LogP contribution in [0.1, 0.15) is 12.6 Å². The molecule has 0 atom stereocenters. The number of hydrogen-bond donors (Lipinski definition) is 0.